The lowest BCUT2D eigenvalue weighted by molar-refractivity contribution is 1.16. The van der Waals surface area contributed by atoms with Gasteiger partial charge in [0.15, 0.2) is 12.0 Å². The zero-order valence-corrected chi connectivity index (χ0v) is 5.15. The van der Waals surface area contributed by atoms with Gasteiger partial charge in [0.2, 0.25) is 0 Å². The highest BCUT2D eigenvalue weighted by atomic mass is 14.9. The van der Waals surface area contributed by atoms with Crippen LogP contribution in [0.2, 0.25) is 0 Å². The maximum atomic E-state index is 4.00. The van der Waals surface area contributed by atoms with Gasteiger partial charge < -0.3 is 0 Å². The molecule has 0 saturated heterocycles. The molecule has 0 saturated carbocycles. The van der Waals surface area contributed by atoms with Gasteiger partial charge in [-0.25, -0.2) is 15.0 Å². The number of aromatic nitrogens is 3. The number of hydrogen-bond donors (Lipinski definition) is 0. The van der Waals surface area contributed by atoms with E-state index in [1.165, 1.54) is 0 Å². The summed E-state index contributed by atoms with van der Waals surface area (Å²) >= 11 is 0. The molecule has 10 heavy (non-hydrogen) atoms. The van der Waals surface area contributed by atoms with Crippen LogP contribution in [0.3, 0.4) is 0 Å². The van der Waals surface area contributed by atoms with Crippen LogP contribution in [0.4, 0.5) is 0 Å². The van der Waals surface area contributed by atoms with E-state index >= 15 is 0 Å². The van der Waals surface area contributed by atoms with Gasteiger partial charge in [-0.15, -0.1) is 0 Å². The molecule has 0 aliphatic rings. The summed E-state index contributed by atoms with van der Waals surface area (Å²) in [6.45, 7) is 0. The van der Waals surface area contributed by atoms with Gasteiger partial charge in [-0.05, 0) is 12.1 Å². The van der Waals surface area contributed by atoms with Crippen molar-refractivity contribution in [1.29, 1.82) is 0 Å². The van der Waals surface area contributed by atoms with Crippen molar-refractivity contribution in [3.63, 3.8) is 0 Å². The highest BCUT2D eigenvalue weighted by molar-refractivity contribution is 5.72. The van der Waals surface area contributed by atoms with E-state index in [1.54, 1.807) is 12.4 Å². The first-order chi connectivity index (χ1) is 4.97. The van der Waals surface area contributed by atoms with E-state index < -0.39 is 0 Å². The number of pyridine rings is 1. The van der Waals surface area contributed by atoms with Crippen LogP contribution in [0.5, 0.6) is 0 Å². The Hall–Kier alpha value is -1.51. The summed E-state index contributed by atoms with van der Waals surface area (Å²) in [5, 5.41) is 0.946. The fraction of sp³-hybridized carbons (Fsp3) is 0. The Balaban J connectivity index is 2.89. The monoisotopic (exact) mass is 130 g/mol. The number of rotatable bonds is 0. The second-order valence-electron chi connectivity index (χ2n) is 1.89. The number of hydrogen-bond acceptors (Lipinski definition) is 3. The van der Waals surface area contributed by atoms with E-state index in [0.717, 1.165) is 5.39 Å². The molecule has 0 aliphatic carbocycles. The average Bonchev–Trinajstić information content (AvgIpc) is 2.05. The molecular formula is C7H4N3. The van der Waals surface area contributed by atoms with Gasteiger partial charge in [0, 0.05) is 17.8 Å². The Morgan fingerprint density at radius 3 is 3.30 bits per heavy atom. The van der Waals surface area contributed by atoms with Crippen molar-refractivity contribution in [2.24, 2.45) is 0 Å². The molecule has 0 N–H and O–H groups in total. The molecule has 0 bridgehead atoms. The summed E-state index contributed by atoms with van der Waals surface area (Å²) in [5.41, 5.74) is 0.692. The van der Waals surface area contributed by atoms with E-state index in [0.29, 0.717) is 5.65 Å². The molecule has 3 nitrogen and oxygen atoms in total. The molecule has 2 heterocycles. The minimum atomic E-state index is 0.692. The van der Waals surface area contributed by atoms with Crippen LogP contribution in [-0.2, 0) is 0 Å². The standard InChI is InChI=1S/C7H4N3/c1-2-6-4-8-5-10-7(6)9-3-1/h1-4H. The Kier molecular flexibility index (Phi) is 1.07. The first-order valence-corrected chi connectivity index (χ1v) is 2.90. The van der Waals surface area contributed by atoms with E-state index in [2.05, 4.69) is 21.3 Å². The second-order valence-corrected chi connectivity index (χ2v) is 1.89. The first kappa shape index (κ1) is 5.29. The van der Waals surface area contributed by atoms with E-state index in [-0.39, 0.29) is 0 Å². The van der Waals surface area contributed by atoms with Gasteiger partial charge in [0.05, 0.1) is 0 Å². The topological polar surface area (TPSA) is 38.7 Å². The molecule has 0 amide bonds. The molecule has 0 aliphatic heterocycles. The van der Waals surface area contributed by atoms with Gasteiger partial charge in [0.25, 0.3) is 0 Å². The molecule has 2 rings (SSSR count). The zero-order chi connectivity index (χ0) is 6.81. The maximum Gasteiger partial charge on any atom is 0.199 e. The fourth-order valence-electron chi connectivity index (χ4n) is 0.778. The van der Waals surface area contributed by atoms with Crippen LogP contribution in [-0.4, -0.2) is 15.0 Å². The molecule has 47 valence electrons. The molecule has 3 heteroatoms. The average molecular weight is 130 g/mol. The molecule has 0 unspecified atom stereocenters. The van der Waals surface area contributed by atoms with Crippen LogP contribution in [0.15, 0.2) is 24.5 Å². The Morgan fingerprint density at radius 2 is 2.40 bits per heavy atom. The highest BCUT2D eigenvalue weighted by Gasteiger charge is 1.89. The summed E-state index contributed by atoms with van der Waals surface area (Å²) in [6.07, 6.45) is 5.86. The van der Waals surface area contributed by atoms with Crippen molar-refractivity contribution in [2.75, 3.05) is 0 Å². The van der Waals surface area contributed by atoms with Crippen molar-refractivity contribution in [2.45, 2.75) is 0 Å². The molecule has 0 aromatic carbocycles. The molecular weight excluding hydrogens is 126 g/mol. The molecule has 2 aromatic heterocycles. The van der Waals surface area contributed by atoms with Crippen LogP contribution in [0.25, 0.3) is 11.0 Å². The van der Waals surface area contributed by atoms with Gasteiger partial charge in [-0.2, -0.15) is 0 Å². The Labute approximate surface area is 57.8 Å². The van der Waals surface area contributed by atoms with Crippen molar-refractivity contribution < 1.29 is 0 Å². The van der Waals surface area contributed by atoms with Crippen molar-refractivity contribution >= 4 is 11.0 Å². The molecule has 0 fully saturated rings. The van der Waals surface area contributed by atoms with E-state index in [1.807, 2.05) is 12.1 Å². The van der Waals surface area contributed by atoms with Gasteiger partial charge in [0.1, 0.15) is 0 Å². The molecule has 2 aromatic rings. The van der Waals surface area contributed by atoms with Crippen LogP contribution in [0, 0.1) is 6.33 Å². The van der Waals surface area contributed by atoms with Crippen molar-refractivity contribution in [3.8, 4) is 0 Å². The summed E-state index contributed by atoms with van der Waals surface area (Å²) in [5.74, 6) is 0. The van der Waals surface area contributed by atoms with Gasteiger partial charge in [-0.3, -0.25) is 0 Å². The molecule has 1 radical (unpaired) electrons. The van der Waals surface area contributed by atoms with Crippen LogP contribution in [0.1, 0.15) is 0 Å². The fourth-order valence-corrected chi connectivity index (χ4v) is 0.778. The lowest BCUT2D eigenvalue weighted by atomic mass is 10.3. The number of fused-ring (bicyclic) bond motifs is 1. The quantitative estimate of drug-likeness (QED) is 0.530. The van der Waals surface area contributed by atoms with E-state index in [4.69, 9.17) is 0 Å². The molecule has 0 spiro atoms. The predicted molar refractivity (Wildman–Crippen MR) is 36.2 cm³/mol. The summed E-state index contributed by atoms with van der Waals surface area (Å²) in [6, 6.07) is 3.77. The van der Waals surface area contributed by atoms with Crippen molar-refractivity contribution in [3.05, 3.63) is 30.9 Å². The third-order valence-corrected chi connectivity index (χ3v) is 1.23. The highest BCUT2D eigenvalue weighted by Crippen LogP contribution is 2.02. The Bertz CT molecular complexity index is 280. The Morgan fingerprint density at radius 1 is 1.40 bits per heavy atom. The lowest BCUT2D eigenvalue weighted by Crippen LogP contribution is -1.82. The summed E-state index contributed by atoms with van der Waals surface area (Å²) < 4.78 is 0. The summed E-state index contributed by atoms with van der Waals surface area (Å²) in [4.78, 5) is 11.6. The maximum absolute atomic E-state index is 4.00. The van der Waals surface area contributed by atoms with Crippen LogP contribution < -0.4 is 0 Å². The normalized spacial score (nSPS) is 10.0. The number of nitrogens with zero attached hydrogens (tertiary/aromatic N) is 3. The van der Waals surface area contributed by atoms with Gasteiger partial charge >= 0.3 is 0 Å². The van der Waals surface area contributed by atoms with E-state index in [9.17, 15) is 0 Å². The molecule has 0 atom stereocenters. The van der Waals surface area contributed by atoms with Crippen LogP contribution >= 0.6 is 0 Å². The van der Waals surface area contributed by atoms with Gasteiger partial charge in [-0.1, -0.05) is 0 Å². The largest absolute Gasteiger partial charge is 0.237 e. The summed E-state index contributed by atoms with van der Waals surface area (Å²) in [7, 11) is 0. The smallest absolute Gasteiger partial charge is 0.199 e. The SMILES string of the molecule is [c]1ncc2cccnc2n1. The zero-order valence-electron chi connectivity index (χ0n) is 5.15. The minimum Gasteiger partial charge on any atom is -0.237 e. The van der Waals surface area contributed by atoms with Crippen molar-refractivity contribution in [1.82, 2.24) is 15.0 Å². The lowest BCUT2D eigenvalue weighted by Gasteiger charge is -1.89. The third kappa shape index (κ3) is 0.719. The second kappa shape index (κ2) is 2.02. The third-order valence-electron chi connectivity index (χ3n) is 1.23. The first-order valence-electron chi connectivity index (χ1n) is 2.90. The minimum absolute atomic E-state index is 0.692. The predicted octanol–water partition coefficient (Wildman–Crippen LogP) is 0.825.